The molecule has 0 saturated carbocycles. The van der Waals surface area contributed by atoms with Gasteiger partial charge in [-0.25, -0.2) is 4.79 Å². The zero-order chi connectivity index (χ0) is 15.5. The molecule has 0 fully saturated rings. The van der Waals surface area contributed by atoms with E-state index in [1.165, 1.54) is 11.1 Å². The summed E-state index contributed by atoms with van der Waals surface area (Å²) in [5.41, 5.74) is 4.29. The minimum atomic E-state index is -0.203. The van der Waals surface area contributed by atoms with Crippen LogP contribution < -0.4 is 15.4 Å². The van der Waals surface area contributed by atoms with E-state index >= 15 is 0 Å². The highest BCUT2D eigenvalue weighted by molar-refractivity contribution is 5.91. The lowest BCUT2D eigenvalue weighted by molar-refractivity contribution is 0.248. The third-order valence-electron chi connectivity index (χ3n) is 4.04. The Balaban J connectivity index is 1.70. The van der Waals surface area contributed by atoms with Crippen molar-refractivity contribution in [1.82, 2.24) is 5.32 Å². The molecule has 114 valence electrons. The topological polar surface area (TPSA) is 50.4 Å². The van der Waals surface area contributed by atoms with Crippen molar-refractivity contribution in [2.24, 2.45) is 0 Å². The molecule has 1 aliphatic carbocycles. The maximum absolute atomic E-state index is 12.3. The number of fused-ring (bicyclic) bond motifs is 1. The molecule has 1 aliphatic rings. The largest absolute Gasteiger partial charge is 0.495 e. The Morgan fingerprint density at radius 3 is 2.86 bits per heavy atom. The van der Waals surface area contributed by atoms with E-state index in [9.17, 15) is 4.79 Å². The quantitative estimate of drug-likeness (QED) is 0.905. The Labute approximate surface area is 130 Å². The molecular formula is C18H20N2O2. The summed E-state index contributed by atoms with van der Waals surface area (Å²) < 4.78 is 5.28. The molecule has 0 aliphatic heterocycles. The minimum absolute atomic E-state index is 0.0759. The zero-order valence-electron chi connectivity index (χ0n) is 12.8. The number of ether oxygens (including phenoxy) is 1. The van der Waals surface area contributed by atoms with Crippen molar-refractivity contribution in [3.63, 3.8) is 0 Å². The van der Waals surface area contributed by atoms with Gasteiger partial charge in [0.1, 0.15) is 5.75 Å². The lowest BCUT2D eigenvalue weighted by Crippen LogP contribution is -2.31. The molecule has 4 heteroatoms. The van der Waals surface area contributed by atoms with Gasteiger partial charge in [0.15, 0.2) is 0 Å². The van der Waals surface area contributed by atoms with Crippen molar-refractivity contribution in [2.45, 2.75) is 25.8 Å². The first kappa shape index (κ1) is 14.4. The van der Waals surface area contributed by atoms with E-state index in [2.05, 4.69) is 22.8 Å². The normalized spacial score (nSPS) is 16.0. The van der Waals surface area contributed by atoms with Crippen molar-refractivity contribution < 1.29 is 9.53 Å². The Morgan fingerprint density at radius 2 is 2.05 bits per heavy atom. The highest BCUT2D eigenvalue weighted by Gasteiger charge is 2.23. The van der Waals surface area contributed by atoms with E-state index in [-0.39, 0.29) is 12.1 Å². The fraction of sp³-hybridized carbons (Fsp3) is 0.278. The van der Waals surface area contributed by atoms with E-state index in [1.807, 2.05) is 37.3 Å². The SMILES string of the molecule is COc1ccc(C)cc1NC(=O)NC1CCc2ccccc21. The second kappa shape index (κ2) is 6.10. The Hall–Kier alpha value is -2.49. The van der Waals surface area contributed by atoms with Gasteiger partial charge in [-0.3, -0.25) is 0 Å². The predicted molar refractivity (Wildman–Crippen MR) is 87.4 cm³/mol. The van der Waals surface area contributed by atoms with Gasteiger partial charge in [-0.2, -0.15) is 0 Å². The van der Waals surface area contributed by atoms with Crippen LogP contribution in [0.1, 0.15) is 29.2 Å². The number of urea groups is 1. The number of rotatable bonds is 3. The average Bonchev–Trinajstić information content (AvgIpc) is 2.91. The molecule has 1 atom stereocenters. The number of benzene rings is 2. The predicted octanol–water partition coefficient (Wildman–Crippen LogP) is 3.81. The van der Waals surface area contributed by atoms with Crippen molar-refractivity contribution in [1.29, 1.82) is 0 Å². The number of aryl methyl sites for hydroxylation is 2. The first-order valence-corrected chi connectivity index (χ1v) is 7.47. The molecule has 0 bridgehead atoms. The molecule has 0 spiro atoms. The Kier molecular flexibility index (Phi) is 4.00. The summed E-state index contributed by atoms with van der Waals surface area (Å²) in [5, 5.41) is 5.93. The van der Waals surface area contributed by atoms with Crippen molar-refractivity contribution in [3.8, 4) is 5.75 Å². The molecular weight excluding hydrogens is 276 g/mol. The first-order valence-electron chi connectivity index (χ1n) is 7.47. The smallest absolute Gasteiger partial charge is 0.319 e. The number of amides is 2. The van der Waals surface area contributed by atoms with Crippen LogP contribution in [0.5, 0.6) is 5.75 Å². The summed E-state index contributed by atoms with van der Waals surface area (Å²) in [7, 11) is 1.60. The van der Waals surface area contributed by atoms with Gasteiger partial charge < -0.3 is 15.4 Å². The monoisotopic (exact) mass is 296 g/mol. The maximum atomic E-state index is 12.3. The maximum Gasteiger partial charge on any atom is 0.319 e. The summed E-state index contributed by atoms with van der Waals surface area (Å²) >= 11 is 0. The fourth-order valence-electron chi connectivity index (χ4n) is 2.94. The van der Waals surface area contributed by atoms with E-state index in [0.717, 1.165) is 18.4 Å². The summed E-state index contributed by atoms with van der Waals surface area (Å²) in [6, 6.07) is 13.8. The molecule has 2 aromatic carbocycles. The van der Waals surface area contributed by atoms with Gasteiger partial charge in [-0.15, -0.1) is 0 Å². The molecule has 1 unspecified atom stereocenters. The van der Waals surface area contributed by atoms with Crippen LogP contribution in [0, 0.1) is 6.92 Å². The number of methoxy groups -OCH3 is 1. The molecule has 0 aromatic heterocycles. The second-order valence-electron chi connectivity index (χ2n) is 5.59. The van der Waals surface area contributed by atoms with Crippen LogP contribution in [0.2, 0.25) is 0 Å². The van der Waals surface area contributed by atoms with Crippen LogP contribution in [0.25, 0.3) is 0 Å². The molecule has 0 radical (unpaired) electrons. The second-order valence-corrected chi connectivity index (χ2v) is 5.59. The zero-order valence-corrected chi connectivity index (χ0v) is 12.8. The summed E-state index contributed by atoms with van der Waals surface area (Å²) in [6.45, 7) is 1.98. The van der Waals surface area contributed by atoms with Crippen LogP contribution in [0.15, 0.2) is 42.5 Å². The van der Waals surface area contributed by atoms with Crippen LogP contribution in [-0.2, 0) is 6.42 Å². The van der Waals surface area contributed by atoms with Crippen LogP contribution >= 0.6 is 0 Å². The fourth-order valence-corrected chi connectivity index (χ4v) is 2.94. The van der Waals surface area contributed by atoms with E-state index < -0.39 is 0 Å². The number of carbonyl (C=O) groups is 1. The molecule has 4 nitrogen and oxygen atoms in total. The summed E-state index contributed by atoms with van der Waals surface area (Å²) in [4.78, 5) is 12.3. The van der Waals surface area contributed by atoms with Crippen LogP contribution in [0.4, 0.5) is 10.5 Å². The lowest BCUT2D eigenvalue weighted by atomic mass is 10.1. The van der Waals surface area contributed by atoms with Crippen LogP contribution in [-0.4, -0.2) is 13.1 Å². The first-order chi connectivity index (χ1) is 10.7. The molecule has 2 amide bonds. The Morgan fingerprint density at radius 1 is 1.23 bits per heavy atom. The standard InChI is InChI=1S/C18H20N2O2/c1-12-7-10-17(22-2)16(11-12)20-18(21)19-15-9-8-13-5-3-4-6-14(13)15/h3-7,10-11,15H,8-9H2,1-2H3,(H2,19,20,21). The lowest BCUT2D eigenvalue weighted by Gasteiger charge is -2.16. The molecule has 2 aromatic rings. The van der Waals surface area contributed by atoms with Gasteiger partial charge in [0.2, 0.25) is 0 Å². The van der Waals surface area contributed by atoms with Gasteiger partial charge in [-0.1, -0.05) is 30.3 Å². The minimum Gasteiger partial charge on any atom is -0.495 e. The number of nitrogens with one attached hydrogen (secondary N) is 2. The Bertz CT molecular complexity index is 697. The molecule has 0 saturated heterocycles. The molecule has 3 rings (SSSR count). The average molecular weight is 296 g/mol. The number of hydrogen-bond acceptors (Lipinski definition) is 2. The molecule has 2 N–H and O–H groups in total. The summed E-state index contributed by atoms with van der Waals surface area (Å²) in [5.74, 6) is 0.660. The van der Waals surface area contributed by atoms with Crippen LogP contribution in [0.3, 0.4) is 0 Å². The number of anilines is 1. The molecule has 22 heavy (non-hydrogen) atoms. The van der Waals surface area contributed by atoms with Gasteiger partial charge in [-0.05, 0) is 48.6 Å². The van der Waals surface area contributed by atoms with Gasteiger partial charge in [0.25, 0.3) is 0 Å². The van der Waals surface area contributed by atoms with Crippen molar-refractivity contribution in [2.75, 3.05) is 12.4 Å². The third kappa shape index (κ3) is 2.91. The van der Waals surface area contributed by atoms with Crippen molar-refractivity contribution in [3.05, 3.63) is 59.2 Å². The van der Waals surface area contributed by atoms with E-state index in [1.54, 1.807) is 7.11 Å². The highest BCUT2D eigenvalue weighted by Crippen LogP contribution is 2.31. The van der Waals surface area contributed by atoms with Gasteiger partial charge in [0.05, 0.1) is 18.8 Å². The highest BCUT2D eigenvalue weighted by atomic mass is 16.5. The number of hydrogen-bond donors (Lipinski definition) is 2. The third-order valence-corrected chi connectivity index (χ3v) is 4.04. The van der Waals surface area contributed by atoms with Crippen molar-refractivity contribution >= 4 is 11.7 Å². The molecule has 0 heterocycles. The summed E-state index contributed by atoms with van der Waals surface area (Å²) in [6.07, 6.45) is 1.95. The number of carbonyl (C=O) groups excluding carboxylic acids is 1. The van der Waals surface area contributed by atoms with Gasteiger partial charge in [0, 0.05) is 0 Å². The van der Waals surface area contributed by atoms with E-state index in [4.69, 9.17) is 4.74 Å². The van der Waals surface area contributed by atoms with E-state index in [0.29, 0.717) is 11.4 Å². The van der Waals surface area contributed by atoms with Gasteiger partial charge >= 0.3 is 6.03 Å².